The van der Waals surface area contributed by atoms with Gasteiger partial charge in [0.05, 0.1) is 22.6 Å². The lowest BCUT2D eigenvalue weighted by Gasteiger charge is -2.03. The average molecular weight is 390 g/mol. The minimum Gasteiger partial charge on any atom is -0.497 e. The lowest BCUT2D eigenvalue weighted by Crippen LogP contribution is -2.06. The van der Waals surface area contributed by atoms with Crippen molar-refractivity contribution in [1.29, 1.82) is 0 Å². The second-order valence-corrected chi connectivity index (χ2v) is 5.65. The van der Waals surface area contributed by atoms with Crippen molar-refractivity contribution < 1.29 is 23.7 Å². The highest BCUT2D eigenvalue weighted by atomic mass is 35.5. The third kappa shape index (κ3) is 4.21. The molecule has 1 aromatic heterocycles. The summed E-state index contributed by atoms with van der Waals surface area (Å²) in [5.41, 5.74) is 0.445. The number of nitro groups is 1. The molecule has 3 rings (SSSR count). The molecule has 0 aliphatic carbocycles. The van der Waals surface area contributed by atoms with E-state index >= 15 is 0 Å². The van der Waals surface area contributed by atoms with Crippen LogP contribution in [0.1, 0.15) is 16.2 Å². The molecule has 0 unspecified atom stereocenters. The van der Waals surface area contributed by atoms with Crippen molar-refractivity contribution in [2.45, 2.75) is 6.61 Å². The van der Waals surface area contributed by atoms with Gasteiger partial charge in [0, 0.05) is 17.7 Å². The van der Waals surface area contributed by atoms with Crippen molar-refractivity contribution in [2.24, 2.45) is 0 Å². The maximum atomic E-state index is 12.1. The summed E-state index contributed by atoms with van der Waals surface area (Å²) < 4.78 is 15.3. The van der Waals surface area contributed by atoms with Crippen LogP contribution in [0.2, 0.25) is 5.02 Å². The third-order valence-corrected chi connectivity index (χ3v) is 3.82. The molecule has 0 N–H and O–H groups in total. The molecule has 0 amide bonds. The summed E-state index contributed by atoms with van der Waals surface area (Å²) in [6.07, 6.45) is 0. The van der Waals surface area contributed by atoms with Crippen LogP contribution >= 0.6 is 11.6 Å². The van der Waals surface area contributed by atoms with Gasteiger partial charge in [-0.3, -0.25) is 10.1 Å². The smallest absolute Gasteiger partial charge is 0.340 e. The molecular weight excluding hydrogens is 378 g/mol. The molecule has 0 bridgehead atoms. The SMILES string of the molecule is COc1cccc(-c2noc(COC(=O)c3ccc([N+](=O)[O-])cc3Cl)n2)c1. The zero-order valence-electron chi connectivity index (χ0n) is 13.9. The molecule has 138 valence electrons. The first-order valence-electron chi connectivity index (χ1n) is 7.56. The molecule has 2 aromatic carbocycles. The van der Waals surface area contributed by atoms with Gasteiger partial charge in [0.15, 0.2) is 6.61 Å². The number of halogens is 1. The molecule has 0 atom stereocenters. The molecule has 10 heteroatoms. The van der Waals surface area contributed by atoms with Crippen molar-refractivity contribution in [1.82, 2.24) is 10.1 Å². The second kappa shape index (κ2) is 7.83. The van der Waals surface area contributed by atoms with Crippen LogP contribution in [0.3, 0.4) is 0 Å². The first-order valence-corrected chi connectivity index (χ1v) is 7.94. The number of esters is 1. The summed E-state index contributed by atoms with van der Waals surface area (Å²) in [6.45, 7) is -0.275. The monoisotopic (exact) mass is 389 g/mol. The van der Waals surface area contributed by atoms with Crippen LogP contribution in [-0.4, -0.2) is 28.1 Å². The number of nitrogens with zero attached hydrogens (tertiary/aromatic N) is 3. The van der Waals surface area contributed by atoms with Crippen molar-refractivity contribution in [3.05, 3.63) is 69.1 Å². The fourth-order valence-electron chi connectivity index (χ4n) is 2.18. The maximum absolute atomic E-state index is 12.1. The third-order valence-electron chi connectivity index (χ3n) is 3.51. The van der Waals surface area contributed by atoms with Gasteiger partial charge in [0.25, 0.3) is 11.6 Å². The minimum absolute atomic E-state index is 0.00481. The number of methoxy groups -OCH3 is 1. The van der Waals surface area contributed by atoms with Gasteiger partial charge in [0.2, 0.25) is 5.82 Å². The minimum atomic E-state index is -0.768. The Morgan fingerprint density at radius 1 is 1.30 bits per heavy atom. The van der Waals surface area contributed by atoms with Crippen LogP contribution in [-0.2, 0) is 11.3 Å². The number of carbonyl (C=O) groups is 1. The van der Waals surface area contributed by atoms with E-state index in [0.29, 0.717) is 17.1 Å². The van der Waals surface area contributed by atoms with Gasteiger partial charge in [-0.2, -0.15) is 4.98 Å². The summed E-state index contributed by atoms with van der Waals surface area (Å²) in [5.74, 6) is 0.265. The number of aromatic nitrogens is 2. The van der Waals surface area contributed by atoms with Crippen LogP contribution in [0.25, 0.3) is 11.4 Å². The van der Waals surface area contributed by atoms with E-state index < -0.39 is 10.9 Å². The van der Waals surface area contributed by atoms with Crippen molar-refractivity contribution in [3.8, 4) is 17.1 Å². The Morgan fingerprint density at radius 2 is 2.11 bits per heavy atom. The number of hydrogen-bond acceptors (Lipinski definition) is 8. The van der Waals surface area contributed by atoms with Crippen LogP contribution < -0.4 is 4.74 Å². The fourth-order valence-corrected chi connectivity index (χ4v) is 2.43. The van der Waals surface area contributed by atoms with Crippen molar-refractivity contribution in [3.63, 3.8) is 0 Å². The highest BCUT2D eigenvalue weighted by Gasteiger charge is 2.18. The molecule has 0 fully saturated rings. The van der Waals surface area contributed by atoms with E-state index in [1.807, 2.05) is 0 Å². The van der Waals surface area contributed by atoms with Crippen molar-refractivity contribution >= 4 is 23.3 Å². The number of rotatable bonds is 6. The number of carbonyl (C=O) groups excluding carboxylic acids is 1. The highest BCUT2D eigenvalue weighted by Crippen LogP contribution is 2.24. The highest BCUT2D eigenvalue weighted by molar-refractivity contribution is 6.33. The predicted molar refractivity (Wildman–Crippen MR) is 93.5 cm³/mol. The molecule has 27 heavy (non-hydrogen) atoms. The molecule has 0 aliphatic rings. The first-order chi connectivity index (χ1) is 13.0. The van der Waals surface area contributed by atoms with E-state index in [-0.39, 0.29) is 28.8 Å². The topological polar surface area (TPSA) is 118 Å². The van der Waals surface area contributed by atoms with Crippen LogP contribution in [0.15, 0.2) is 47.0 Å². The zero-order chi connectivity index (χ0) is 19.4. The largest absolute Gasteiger partial charge is 0.497 e. The Morgan fingerprint density at radius 3 is 2.81 bits per heavy atom. The Kier molecular flexibility index (Phi) is 5.32. The normalized spacial score (nSPS) is 10.4. The van der Waals surface area contributed by atoms with Crippen LogP contribution in [0.4, 0.5) is 5.69 Å². The molecule has 0 saturated heterocycles. The summed E-state index contributed by atoms with van der Waals surface area (Å²) in [5, 5.41) is 14.4. The number of benzene rings is 2. The molecule has 0 aliphatic heterocycles. The van der Waals surface area contributed by atoms with Gasteiger partial charge in [0.1, 0.15) is 5.75 Å². The lowest BCUT2D eigenvalue weighted by atomic mass is 10.2. The number of ether oxygens (including phenoxy) is 2. The van der Waals surface area contributed by atoms with E-state index in [1.54, 1.807) is 31.4 Å². The average Bonchev–Trinajstić information content (AvgIpc) is 3.15. The Balaban J connectivity index is 1.68. The van der Waals surface area contributed by atoms with Gasteiger partial charge in [-0.15, -0.1) is 0 Å². The number of non-ortho nitro benzene ring substituents is 1. The molecule has 0 spiro atoms. The Labute approximate surface area is 157 Å². The zero-order valence-corrected chi connectivity index (χ0v) is 14.7. The van der Waals surface area contributed by atoms with E-state index in [4.69, 9.17) is 25.6 Å². The number of nitro benzene ring substituents is 1. The van der Waals surface area contributed by atoms with Gasteiger partial charge >= 0.3 is 5.97 Å². The summed E-state index contributed by atoms with van der Waals surface area (Å²) in [6, 6.07) is 10.5. The molecule has 1 heterocycles. The quantitative estimate of drug-likeness (QED) is 0.356. The molecule has 9 nitrogen and oxygen atoms in total. The van der Waals surface area contributed by atoms with E-state index in [1.165, 1.54) is 6.07 Å². The first kappa shape index (κ1) is 18.3. The van der Waals surface area contributed by atoms with Crippen LogP contribution in [0.5, 0.6) is 5.75 Å². The van der Waals surface area contributed by atoms with Gasteiger partial charge < -0.3 is 14.0 Å². The Hall–Kier alpha value is -3.46. The van der Waals surface area contributed by atoms with Crippen LogP contribution in [0, 0.1) is 10.1 Å². The van der Waals surface area contributed by atoms with Gasteiger partial charge in [-0.1, -0.05) is 28.9 Å². The lowest BCUT2D eigenvalue weighted by molar-refractivity contribution is -0.384. The molecule has 3 aromatic rings. The van der Waals surface area contributed by atoms with Crippen molar-refractivity contribution in [2.75, 3.05) is 7.11 Å². The number of hydrogen-bond donors (Lipinski definition) is 0. The standard InChI is InChI=1S/C17H12ClN3O6/c1-25-12-4-2-3-10(7-12)16-19-15(27-20-16)9-26-17(22)13-6-5-11(21(23)24)8-14(13)18/h2-8H,9H2,1H3. The second-order valence-electron chi connectivity index (χ2n) is 5.24. The van der Waals surface area contributed by atoms with E-state index in [2.05, 4.69) is 10.1 Å². The molecule has 0 saturated carbocycles. The summed E-state index contributed by atoms with van der Waals surface area (Å²) in [4.78, 5) is 26.3. The fraction of sp³-hybridized carbons (Fsp3) is 0.118. The molecular formula is C17H12ClN3O6. The Bertz CT molecular complexity index is 1000. The molecule has 0 radical (unpaired) electrons. The predicted octanol–water partition coefficient (Wildman–Crippen LogP) is 3.66. The van der Waals surface area contributed by atoms with E-state index in [9.17, 15) is 14.9 Å². The maximum Gasteiger partial charge on any atom is 0.340 e. The van der Waals surface area contributed by atoms with Gasteiger partial charge in [-0.25, -0.2) is 4.79 Å². The summed E-state index contributed by atoms with van der Waals surface area (Å²) >= 11 is 5.89. The van der Waals surface area contributed by atoms with Gasteiger partial charge in [-0.05, 0) is 18.2 Å². The summed E-state index contributed by atoms with van der Waals surface area (Å²) in [7, 11) is 1.55. The van der Waals surface area contributed by atoms with E-state index in [0.717, 1.165) is 12.1 Å².